The van der Waals surface area contributed by atoms with Gasteiger partial charge >= 0.3 is 12.3 Å². The first-order chi connectivity index (χ1) is 6.82. The van der Waals surface area contributed by atoms with Crippen LogP contribution in [0.15, 0.2) is 0 Å². The molecule has 0 saturated carbocycles. The molecule has 0 unspecified atom stereocenters. The maximum absolute atomic E-state index is 12.0. The SMILES string of the molecule is O=C(O)N1CCC(C(=O)C(F)(F)F)CC1. The Hall–Kier alpha value is -1.27. The van der Waals surface area contributed by atoms with E-state index in [0.29, 0.717) is 0 Å². The topological polar surface area (TPSA) is 57.6 Å². The second-order valence-corrected chi connectivity index (χ2v) is 3.41. The summed E-state index contributed by atoms with van der Waals surface area (Å²) in [4.78, 5) is 22.3. The number of amides is 1. The average molecular weight is 225 g/mol. The summed E-state index contributed by atoms with van der Waals surface area (Å²) in [6.07, 6.45) is -6.07. The second-order valence-electron chi connectivity index (χ2n) is 3.41. The van der Waals surface area contributed by atoms with E-state index in [1.165, 1.54) is 0 Å². The molecule has 1 rings (SSSR count). The molecule has 1 saturated heterocycles. The fourth-order valence-corrected chi connectivity index (χ4v) is 1.56. The number of Topliss-reactive ketones (excluding diaryl/α,β-unsaturated/α-hetero) is 1. The molecule has 1 aliphatic rings. The zero-order chi connectivity index (χ0) is 11.6. The van der Waals surface area contributed by atoms with Crippen LogP contribution in [0.5, 0.6) is 0 Å². The molecule has 86 valence electrons. The highest BCUT2D eigenvalue weighted by Crippen LogP contribution is 2.27. The molecule has 0 aliphatic carbocycles. The standard InChI is InChI=1S/C8H10F3NO3/c9-8(10,11)6(13)5-1-3-12(4-2-5)7(14)15/h5H,1-4H2,(H,14,15). The second kappa shape index (κ2) is 4.08. The van der Waals surface area contributed by atoms with Gasteiger partial charge in [0.1, 0.15) is 0 Å². The monoisotopic (exact) mass is 225 g/mol. The van der Waals surface area contributed by atoms with Crippen molar-refractivity contribution < 1.29 is 27.9 Å². The van der Waals surface area contributed by atoms with E-state index in [2.05, 4.69) is 0 Å². The van der Waals surface area contributed by atoms with E-state index in [1.807, 2.05) is 0 Å². The first-order valence-electron chi connectivity index (χ1n) is 4.41. The van der Waals surface area contributed by atoms with E-state index >= 15 is 0 Å². The van der Waals surface area contributed by atoms with Crippen LogP contribution in [-0.2, 0) is 4.79 Å². The molecule has 1 fully saturated rings. The molecule has 0 radical (unpaired) electrons. The Kier molecular flexibility index (Phi) is 3.21. The van der Waals surface area contributed by atoms with Crippen molar-refractivity contribution in [1.82, 2.24) is 4.90 Å². The largest absolute Gasteiger partial charge is 0.465 e. The van der Waals surface area contributed by atoms with Gasteiger partial charge in [-0.15, -0.1) is 0 Å². The highest BCUT2D eigenvalue weighted by atomic mass is 19.4. The lowest BCUT2D eigenvalue weighted by atomic mass is 9.92. The van der Waals surface area contributed by atoms with Gasteiger partial charge in [-0.25, -0.2) is 4.79 Å². The Morgan fingerprint density at radius 3 is 2.00 bits per heavy atom. The third kappa shape index (κ3) is 2.84. The molecule has 0 aromatic heterocycles. The van der Waals surface area contributed by atoms with Gasteiger partial charge in [0.15, 0.2) is 0 Å². The van der Waals surface area contributed by atoms with Crippen molar-refractivity contribution in [3.05, 3.63) is 0 Å². The molecular formula is C8H10F3NO3. The summed E-state index contributed by atoms with van der Waals surface area (Å²) in [6.45, 7) is -0.0242. The molecule has 1 amide bonds. The molecule has 0 aromatic rings. The number of alkyl halides is 3. The van der Waals surface area contributed by atoms with Crippen molar-refractivity contribution in [2.75, 3.05) is 13.1 Å². The third-order valence-electron chi connectivity index (χ3n) is 2.42. The van der Waals surface area contributed by atoms with Gasteiger partial charge in [0.2, 0.25) is 5.78 Å². The van der Waals surface area contributed by atoms with Gasteiger partial charge in [-0.05, 0) is 12.8 Å². The van der Waals surface area contributed by atoms with Crippen LogP contribution >= 0.6 is 0 Å². The number of nitrogens with zero attached hydrogens (tertiary/aromatic N) is 1. The summed E-state index contributed by atoms with van der Waals surface area (Å²) in [7, 11) is 0. The van der Waals surface area contributed by atoms with E-state index < -0.39 is 24.0 Å². The molecule has 1 heterocycles. The van der Waals surface area contributed by atoms with Crippen LogP contribution in [0.4, 0.5) is 18.0 Å². The zero-order valence-corrected chi connectivity index (χ0v) is 7.75. The van der Waals surface area contributed by atoms with E-state index in [1.54, 1.807) is 0 Å². The quantitative estimate of drug-likeness (QED) is 0.735. The fraction of sp³-hybridized carbons (Fsp3) is 0.750. The number of hydrogen-bond acceptors (Lipinski definition) is 2. The van der Waals surface area contributed by atoms with Crippen LogP contribution in [0.3, 0.4) is 0 Å². The molecule has 0 aromatic carbocycles. The van der Waals surface area contributed by atoms with Crippen molar-refractivity contribution in [3.8, 4) is 0 Å². The van der Waals surface area contributed by atoms with Gasteiger partial charge in [0.25, 0.3) is 0 Å². The van der Waals surface area contributed by atoms with Gasteiger partial charge in [0, 0.05) is 19.0 Å². The molecule has 4 nitrogen and oxygen atoms in total. The van der Waals surface area contributed by atoms with Crippen LogP contribution < -0.4 is 0 Å². The molecule has 0 spiro atoms. The first-order valence-corrected chi connectivity index (χ1v) is 4.41. The lowest BCUT2D eigenvalue weighted by molar-refractivity contribution is -0.176. The van der Waals surface area contributed by atoms with Crippen molar-refractivity contribution in [3.63, 3.8) is 0 Å². The maximum atomic E-state index is 12.0. The highest BCUT2D eigenvalue weighted by molar-refractivity contribution is 5.86. The van der Waals surface area contributed by atoms with Crippen LogP contribution in [0.25, 0.3) is 0 Å². The molecule has 15 heavy (non-hydrogen) atoms. The lowest BCUT2D eigenvalue weighted by Crippen LogP contribution is -2.42. The van der Waals surface area contributed by atoms with Gasteiger partial charge in [-0.2, -0.15) is 13.2 Å². The lowest BCUT2D eigenvalue weighted by Gasteiger charge is -2.29. The minimum absolute atomic E-state index is 0.0121. The number of carbonyl (C=O) groups excluding carboxylic acids is 1. The number of hydrogen-bond donors (Lipinski definition) is 1. The molecular weight excluding hydrogens is 215 g/mol. The predicted octanol–water partition coefficient (Wildman–Crippen LogP) is 1.51. The summed E-state index contributed by atoms with van der Waals surface area (Å²) < 4.78 is 36.0. The molecule has 0 bridgehead atoms. The fourth-order valence-electron chi connectivity index (χ4n) is 1.56. The van der Waals surface area contributed by atoms with E-state index in [-0.39, 0.29) is 25.9 Å². The summed E-state index contributed by atoms with van der Waals surface area (Å²) in [5, 5.41) is 8.54. The number of carboxylic acid groups (broad SMARTS) is 1. The Balaban J connectivity index is 2.51. The summed E-state index contributed by atoms with van der Waals surface area (Å²) in [5.74, 6) is -2.83. The van der Waals surface area contributed by atoms with Crippen LogP contribution in [0.2, 0.25) is 0 Å². The van der Waals surface area contributed by atoms with Crippen molar-refractivity contribution in [2.24, 2.45) is 5.92 Å². The molecule has 1 N–H and O–H groups in total. The molecule has 7 heteroatoms. The highest BCUT2D eigenvalue weighted by Gasteiger charge is 2.44. The number of likely N-dealkylation sites (tertiary alicyclic amines) is 1. The van der Waals surface area contributed by atoms with Gasteiger partial charge in [-0.1, -0.05) is 0 Å². The Labute approximate surface area is 83.7 Å². The minimum Gasteiger partial charge on any atom is -0.465 e. The van der Waals surface area contributed by atoms with E-state index in [4.69, 9.17) is 5.11 Å². The zero-order valence-electron chi connectivity index (χ0n) is 7.75. The maximum Gasteiger partial charge on any atom is 0.450 e. The normalized spacial score (nSPS) is 19.0. The number of rotatable bonds is 1. The summed E-state index contributed by atoms with van der Waals surface area (Å²) in [5.41, 5.74) is 0. The molecule has 0 atom stereocenters. The summed E-state index contributed by atoms with van der Waals surface area (Å²) >= 11 is 0. The van der Waals surface area contributed by atoms with Crippen molar-refractivity contribution in [1.29, 1.82) is 0 Å². The minimum atomic E-state index is -4.81. The first kappa shape index (κ1) is 11.8. The summed E-state index contributed by atoms with van der Waals surface area (Å²) in [6, 6.07) is 0. The van der Waals surface area contributed by atoms with E-state index in [9.17, 15) is 22.8 Å². The van der Waals surface area contributed by atoms with Gasteiger partial charge in [-0.3, -0.25) is 4.79 Å². The van der Waals surface area contributed by atoms with E-state index in [0.717, 1.165) is 4.90 Å². The Bertz CT molecular complexity index is 269. The van der Waals surface area contributed by atoms with Crippen molar-refractivity contribution >= 4 is 11.9 Å². The smallest absolute Gasteiger partial charge is 0.450 e. The third-order valence-corrected chi connectivity index (χ3v) is 2.42. The van der Waals surface area contributed by atoms with Crippen molar-refractivity contribution in [2.45, 2.75) is 19.0 Å². The van der Waals surface area contributed by atoms with Crippen LogP contribution in [0, 0.1) is 5.92 Å². The van der Waals surface area contributed by atoms with Crippen LogP contribution in [0.1, 0.15) is 12.8 Å². The number of piperidine rings is 1. The number of carbonyl (C=O) groups is 2. The van der Waals surface area contributed by atoms with Gasteiger partial charge < -0.3 is 10.0 Å². The number of ketones is 1. The Morgan fingerprint density at radius 1 is 1.20 bits per heavy atom. The average Bonchev–Trinajstić information content (AvgIpc) is 2.15. The van der Waals surface area contributed by atoms with Crippen LogP contribution in [-0.4, -0.2) is 41.1 Å². The Morgan fingerprint density at radius 2 is 1.67 bits per heavy atom. The predicted molar refractivity (Wildman–Crippen MR) is 43.4 cm³/mol. The molecule has 1 aliphatic heterocycles. The number of halogens is 3. The van der Waals surface area contributed by atoms with Gasteiger partial charge in [0.05, 0.1) is 0 Å².